The Balaban J connectivity index is 1.54. The highest BCUT2D eigenvalue weighted by Crippen LogP contribution is 2.34. The molecule has 0 saturated heterocycles. The summed E-state index contributed by atoms with van der Waals surface area (Å²) in [5.74, 6) is 0.981. The van der Waals surface area contributed by atoms with Crippen LogP contribution in [0.1, 0.15) is 62.0 Å². The summed E-state index contributed by atoms with van der Waals surface area (Å²) in [6, 6.07) is 18.7. The lowest BCUT2D eigenvalue weighted by Gasteiger charge is -2.26. The standard InChI is InChI=1S/C25H30N4OS/c1-18-11-9-10-16-22(18)26-24(30)19(2)31-25-28-27-23(17-20-12-5-3-6-13-20)29(25)21-14-7-4-8-15-21/h3,5-6,9-13,16,19,21H,4,7-8,14-15,17H2,1-2H3,(H,26,30). The summed E-state index contributed by atoms with van der Waals surface area (Å²) in [7, 11) is 0. The molecule has 0 bridgehead atoms. The second kappa shape index (κ2) is 10.1. The molecule has 1 amide bonds. The van der Waals surface area contributed by atoms with Gasteiger partial charge in [-0.15, -0.1) is 10.2 Å². The summed E-state index contributed by atoms with van der Waals surface area (Å²) >= 11 is 1.51. The predicted molar refractivity (Wildman–Crippen MR) is 127 cm³/mol. The van der Waals surface area contributed by atoms with E-state index < -0.39 is 0 Å². The van der Waals surface area contributed by atoms with Crippen LogP contribution in [0.2, 0.25) is 0 Å². The Kier molecular flexibility index (Phi) is 7.07. The first-order chi connectivity index (χ1) is 15.1. The molecule has 2 aromatic carbocycles. The number of nitrogens with one attached hydrogen (secondary N) is 1. The average molecular weight is 435 g/mol. The van der Waals surface area contributed by atoms with Crippen LogP contribution in [-0.2, 0) is 11.2 Å². The summed E-state index contributed by atoms with van der Waals surface area (Å²) in [5.41, 5.74) is 3.15. The number of benzene rings is 2. The maximum Gasteiger partial charge on any atom is 0.237 e. The first-order valence-electron chi connectivity index (χ1n) is 11.1. The molecule has 0 aliphatic heterocycles. The number of rotatable bonds is 7. The molecule has 0 radical (unpaired) electrons. The highest BCUT2D eigenvalue weighted by Gasteiger charge is 2.26. The third-order valence-electron chi connectivity index (χ3n) is 5.93. The summed E-state index contributed by atoms with van der Waals surface area (Å²) in [4.78, 5) is 12.9. The number of aryl methyl sites for hydroxylation is 1. The fourth-order valence-electron chi connectivity index (χ4n) is 4.15. The Labute approximate surface area is 188 Å². The van der Waals surface area contributed by atoms with E-state index in [0.29, 0.717) is 6.04 Å². The molecule has 6 heteroatoms. The minimum absolute atomic E-state index is 0.0119. The molecular weight excluding hydrogens is 404 g/mol. The molecule has 1 atom stereocenters. The van der Waals surface area contributed by atoms with Crippen molar-refractivity contribution in [3.05, 3.63) is 71.5 Å². The Hall–Kier alpha value is -2.60. The van der Waals surface area contributed by atoms with Gasteiger partial charge in [0, 0.05) is 18.2 Å². The monoisotopic (exact) mass is 434 g/mol. The van der Waals surface area contributed by atoms with Crippen molar-refractivity contribution < 1.29 is 4.79 Å². The van der Waals surface area contributed by atoms with Crippen molar-refractivity contribution in [3.63, 3.8) is 0 Å². The van der Waals surface area contributed by atoms with Crippen molar-refractivity contribution in [1.82, 2.24) is 14.8 Å². The number of aromatic nitrogens is 3. The Morgan fingerprint density at radius 2 is 1.77 bits per heavy atom. The van der Waals surface area contributed by atoms with Gasteiger partial charge in [0.1, 0.15) is 5.82 Å². The van der Waals surface area contributed by atoms with E-state index in [9.17, 15) is 4.79 Å². The van der Waals surface area contributed by atoms with Crippen LogP contribution in [0.3, 0.4) is 0 Å². The van der Waals surface area contributed by atoms with Gasteiger partial charge in [0.15, 0.2) is 5.16 Å². The van der Waals surface area contributed by atoms with E-state index in [1.165, 1.54) is 36.6 Å². The van der Waals surface area contributed by atoms with Gasteiger partial charge in [0.2, 0.25) is 5.91 Å². The number of amides is 1. The Morgan fingerprint density at radius 1 is 1.06 bits per heavy atom. The normalized spacial score (nSPS) is 15.5. The zero-order valence-corrected chi connectivity index (χ0v) is 19.1. The van der Waals surface area contributed by atoms with Gasteiger partial charge in [-0.1, -0.05) is 79.6 Å². The van der Waals surface area contributed by atoms with Crippen molar-refractivity contribution >= 4 is 23.4 Å². The smallest absolute Gasteiger partial charge is 0.237 e. The van der Waals surface area contributed by atoms with Crippen LogP contribution in [0.4, 0.5) is 5.69 Å². The zero-order chi connectivity index (χ0) is 21.6. The van der Waals surface area contributed by atoms with Crippen LogP contribution in [0.15, 0.2) is 59.8 Å². The molecule has 4 rings (SSSR count). The number of para-hydroxylation sites is 1. The Morgan fingerprint density at radius 3 is 2.52 bits per heavy atom. The molecule has 1 heterocycles. The van der Waals surface area contributed by atoms with E-state index in [2.05, 4.69) is 44.3 Å². The van der Waals surface area contributed by atoms with Gasteiger partial charge >= 0.3 is 0 Å². The summed E-state index contributed by atoms with van der Waals surface area (Å²) in [5, 5.41) is 12.7. The van der Waals surface area contributed by atoms with Crippen molar-refractivity contribution in [2.45, 2.75) is 68.8 Å². The molecule has 1 aromatic heterocycles. The first kappa shape index (κ1) is 21.6. The lowest BCUT2D eigenvalue weighted by atomic mass is 9.95. The molecular formula is C25H30N4OS. The SMILES string of the molecule is Cc1ccccc1NC(=O)C(C)Sc1nnc(Cc2ccccc2)n1C1CCCCC1. The van der Waals surface area contributed by atoms with Gasteiger partial charge in [-0.3, -0.25) is 4.79 Å². The quantitative estimate of drug-likeness (QED) is 0.477. The number of anilines is 1. The van der Waals surface area contributed by atoms with Crippen LogP contribution >= 0.6 is 11.8 Å². The minimum Gasteiger partial charge on any atom is -0.325 e. The van der Waals surface area contributed by atoms with E-state index in [0.717, 1.165) is 41.5 Å². The number of carbonyl (C=O) groups excluding carboxylic acids is 1. The van der Waals surface area contributed by atoms with Crippen LogP contribution in [0.5, 0.6) is 0 Å². The van der Waals surface area contributed by atoms with Crippen LogP contribution in [0, 0.1) is 6.92 Å². The highest BCUT2D eigenvalue weighted by molar-refractivity contribution is 8.00. The molecule has 5 nitrogen and oxygen atoms in total. The van der Waals surface area contributed by atoms with Gasteiger partial charge in [-0.25, -0.2) is 0 Å². The molecule has 1 aliphatic rings. The van der Waals surface area contributed by atoms with E-state index >= 15 is 0 Å². The van der Waals surface area contributed by atoms with Crippen molar-refractivity contribution in [2.75, 3.05) is 5.32 Å². The van der Waals surface area contributed by atoms with Crippen molar-refractivity contribution in [1.29, 1.82) is 0 Å². The molecule has 0 spiro atoms. The van der Waals surface area contributed by atoms with Crippen molar-refractivity contribution in [2.24, 2.45) is 0 Å². The van der Waals surface area contributed by atoms with Crippen molar-refractivity contribution in [3.8, 4) is 0 Å². The largest absolute Gasteiger partial charge is 0.325 e. The molecule has 1 fully saturated rings. The van der Waals surface area contributed by atoms with Crippen LogP contribution in [-0.4, -0.2) is 25.9 Å². The number of hydrogen-bond acceptors (Lipinski definition) is 4. The second-order valence-electron chi connectivity index (χ2n) is 8.29. The maximum atomic E-state index is 12.9. The molecule has 1 unspecified atom stereocenters. The number of thioether (sulfide) groups is 1. The van der Waals surface area contributed by atoms with E-state index in [4.69, 9.17) is 0 Å². The molecule has 162 valence electrons. The third kappa shape index (κ3) is 5.37. The van der Waals surface area contributed by atoms with Gasteiger partial charge in [0.25, 0.3) is 0 Å². The van der Waals surface area contributed by atoms with Crippen LogP contribution in [0.25, 0.3) is 0 Å². The number of nitrogens with zero attached hydrogens (tertiary/aromatic N) is 3. The molecule has 3 aromatic rings. The minimum atomic E-state index is -0.268. The topological polar surface area (TPSA) is 59.8 Å². The first-order valence-corrected chi connectivity index (χ1v) is 12.0. The molecule has 1 N–H and O–H groups in total. The summed E-state index contributed by atoms with van der Waals surface area (Å²) < 4.78 is 2.31. The number of carbonyl (C=O) groups is 1. The summed E-state index contributed by atoms with van der Waals surface area (Å²) in [6.45, 7) is 3.94. The van der Waals surface area contributed by atoms with Crippen LogP contribution < -0.4 is 5.32 Å². The number of hydrogen-bond donors (Lipinski definition) is 1. The van der Waals surface area contributed by atoms with Gasteiger partial charge in [0.05, 0.1) is 5.25 Å². The maximum absolute atomic E-state index is 12.9. The molecule has 1 aliphatic carbocycles. The fourth-order valence-corrected chi connectivity index (χ4v) is 5.09. The predicted octanol–water partition coefficient (Wildman–Crippen LogP) is 5.80. The highest BCUT2D eigenvalue weighted by atomic mass is 32.2. The Bertz CT molecular complexity index is 1010. The zero-order valence-electron chi connectivity index (χ0n) is 18.3. The van der Waals surface area contributed by atoms with Gasteiger partial charge in [-0.2, -0.15) is 0 Å². The van der Waals surface area contributed by atoms with E-state index in [1.807, 2.05) is 44.2 Å². The fraction of sp³-hybridized carbons (Fsp3) is 0.400. The summed E-state index contributed by atoms with van der Waals surface area (Å²) in [6.07, 6.45) is 6.83. The lowest BCUT2D eigenvalue weighted by molar-refractivity contribution is -0.115. The molecule has 1 saturated carbocycles. The van der Waals surface area contributed by atoms with E-state index in [1.54, 1.807) is 0 Å². The average Bonchev–Trinajstić information content (AvgIpc) is 3.18. The lowest BCUT2D eigenvalue weighted by Crippen LogP contribution is -2.24. The second-order valence-corrected chi connectivity index (χ2v) is 9.60. The van der Waals surface area contributed by atoms with Gasteiger partial charge < -0.3 is 9.88 Å². The van der Waals surface area contributed by atoms with Gasteiger partial charge in [-0.05, 0) is 43.9 Å². The third-order valence-corrected chi connectivity index (χ3v) is 6.99. The van der Waals surface area contributed by atoms with E-state index in [-0.39, 0.29) is 11.2 Å². The molecule has 31 heavy (non-hydrogen) atoms.